The van der Waals surface area contributed by atoms with Gasteiger partial charge in [0.25, 0.3) is 0 Å². The molecule has 1 heterocycles. The Kier molecular flexibility index (Phi) is 4.49. The predicted octanol–water partition coefficient (Wildman–Crippen LogP) is 3.46. The van der Waals surface area contributed by atoms with Crippen molar-refractivity contribution in [1.29, 1.82) is 0 Å². The van der Waals surface area contributed by atoms with Crippen LogP contribution in [0.15, 0.2) is 36.7 Å². The number of carboxylic acid groups (broad SMARTS) is 1. The molecule has 1 aliphatic rings. The number of alkyl halides is 3. The van der Waals surface area contributed by atoms with E-state index < -0.39 is 23.2 Å². The Morgan fingerprint density at radius 3 is 2.41 bits per heavy atom. The van der Waals surface area contributed by atoms with Crippen molar-refractivity contribution >= 4 is 17.6 Å². The molecule has 1 aliphatic carbocycles. The second kappa shape index (κ2) is 6.40. The van der Waals surface area contributed by atoms with Crippen molar-refractivity contribution in [3.05, 3.63) is 47.8 Å². The number of aromatic nitrogens is 2. The van der Waals surface area contributed by atoms with Gasteiger partial charge in [0.1, 0.15) is 0 Å². The molecule has 1 fully saturated rings. The number of halogens is 3. The summed E-state index contributed by atoms with van der Waals surface area (Å²) in [5.74, 6) is -1.80. The smallest absolute Gasteiger partial charge is 0.416 e. The molecule has 1 aromatic carbocycles. The number of aliphatic carboxylic acids is 1. The topological polar surface area (TPSA) is 84.2 Å². The van der Waals surface area contributed by atoms with Crippen molar-refractivity contribution < 1.29 is 27.9 Å². The van der Waals surface area contributed by atoms with Crippen molar-refractivity contribution in [2.24, 2.45) is 5.92 Å². The summed E-state index contributed by atoms with van der Waals surface area (Å²) in [7, 11) is 0. The highest BCUT2D eigenvalue weighted by molar-refractivity contribution is 5.95. The van der Waals surface area contributed by atoms with E-state index in [1.54, 1.807) is 0 Å². The van der Waals surface area contributed by atoms with Gasteiger partial charge in [-0.1, -0.05) is 12.1 Å². The Labute approximate surface area is 153 Å². The Morgan fingerprint density at radius 1 is 1.22 bits per heavy atom. The molecule has 9 heteroatoms. The number of hydrogen-bond donors (Lipinski definition) is 2. The molecule has 0 bridgehead atoms. The third-order valence-electron chi connectivity index (χ3n) is 4.74. The minimum atomic E-state index is -4.39. The largest absolute Gasteiger partial charge is 0.479 e. The number of amides is 1. The van der Waals surface area contributed by atoms with E-state index in [1.165, 1.54) is 43.1 Å². The Balaban J connectivity index is 1.62. The first-order valence-electron chi connectivity index (χ1n) is 8.26. The van der Waals surface area contributed by atoms with Gasteiger partial charge in [0.05, 0.1) is 17.4 Å². The number of nitrogens with zero attached hydrogens (tertiary/aromatic N) is 2. The van der Waals surface area contributed by atoms with Gasteiger partial charge in [0.2, 0.25) is 5.91 Å². The highest BCUT2D eigenvalue weighted by Gasteiger charge is 2.44. The third kappa shape index (κ3) is 3.81. The van der Waals surface area contributed by atoms with Gasteiger partial charge < -0.3 is 10.4 Å². The van der Waals surface area contributed by atoms with E-state index in [2.05, 4.69) is 10.4 Å². The standard InChI is InChI=1S/C18H18F3N3O3/c1-17(2,16(26)27)24-9-12(8-22-24)23-15(25)14-7-13(14)10-3-5-11(6-4-10)18(19,20)21/h3-6,8-9,13-14H,7H2,1-2H3,(H,23,25)(H,26,27). The number of carbonyl (C=O) groups excluding carboxylic acids is 1. The number of rotatable bonds is 5. The van der Waals surface area contributed by atoms with Crippen LogP contribution < -0.4 is 5.32 Å². The van der Waals surface area contributed by atoms with Crippen molar-refractivity contribution in [1.82, 2.24) is 9.78 Å². The lowest BCUT2D eigenvalue weighted by atomic mass is 10.1. The number of hydrogen-bond acceptors (Lipinski definition) is 3. The van der Waals surface area contributed by atoms with Crippen molar-refractivity contribution in [2.75, 3.05) is 5.32 Å². The summed E-state index contributed by atoms with van der Waals surface area (Å²) in [5, 5.41) is 15.8. The fourth-order valence-electron chi connectivity index (χ4n) is 2.80. The number of nitrogens with one attached hydrogen (secondary N) is 1. The van der Waals surface area contributed by atoms with Gasteiger partial charge in [-0.05, 0) is 43.9 Å². The predicted molar refractivity (Wildman–Crippen MR) is 90.1 cm³/mol. The first kappa shape index (κ1) is 18.9. The first-order valence-corrected chi connectivity index (χ1v) is 8.26. The SMILES string of the molecule is CC(C)(C(=O)O)n1cc(NC(=O)C2CC2c2ccc(C(F)(F)F)cc2)cn1. The molecule has 0 radical (unpaired) electrons. The second-order valence-corrected chi connectivity index (χ2v) is 7.10. The first-order chi connectivity index (χ1) is 12.5. The number of carbonyl (C=O) groups is 2. The van der Waals surface area contributed by atoms with Crippen LogP contribution in [0.5, 0.6) is 0 Å². The average Bonchev–Trinajstić information content (AvgIpc) is 3.25. The van der Waals surface area contributed by atoms with E-state index in [0.29, 0.717) is 17.7 Å². The summed E-state index contributed by atoms with van der Waals surface area (Å²) < 4.78 is 39.1. The number of benzene rings is 1. The van der Waals surface area contributed by atoms with E-state index >= 15 is 0 Å². The second-order valence-electron chi connectivity index (χ2n) is 7.10. The number of anilines is 1. The molecule has 2 atom stereocenters. The summed E-state index contributed by atoms with van der Waals surface area (Å²) in [6.45, 7) is 2.96. The molecule has 3 rings (SSSR count). The van der Waals surface area contributed by atoms with E-state index in [-0.39, 0.29) is 17.7 Å². The molecule has 6 nitrogen and oxygen atoms in total. The third-order valence-corrected chi connectivity index (χ3v) is 4.74. The minimum absolute atomic E-state index is 0.127. The Morgan fingerprint density at radius 2 is 1.85 bits per heavy atom. The maximum atomic E-state index is 12.6. The molecule has 1 saturated carbocycles. The lowest BCUT2D eigenvalue weighted by molar-refractivity contribution is -0.146. The van der Waals surface area contributed by atoms with Crippen LogP contribution in [-0.4, -0.2) is 26.8 Å². The summed E-state index contributed by atoms with van der Waals surface area (Å²) in [5.41, 5.74) is -0.926. The van der Waals surface area contributed by atoms with Crippen LogP contribution in [0.4, 0.5) is 18.9 Å². The van der Waals surface area contributed by atoms with Crippen LogP contribution in [0.1, 0.15) is 37.3 Å². The molecule has 144 valence electrons. The monoisotopic (exact) mass is 381 g/mol. The number of carboxylic acids is 1. The summed E-state index contributed by atoms with van der Waals surface area (Å²) in [6, 6.07) is 4.82. The molecule has 0 saturated heterocycles. The molecule has 1 aromatic heterocycles. The van der Waals surface area contributed by atoms with Crippen LogP contribution in [0.25, 0.3) is 0 Å². The molecular formula is C18H18F3N3O3. The van der Waals surface area contributed by atoms with Gasteiger partial charge in [0, 0.05) is 12.1 Å². The van der Waals surface area contributed by atoms with Crippen LogP contribution in [-0.2, 0) is 21.3 Å². The van der Waals surface area contributed by atoms with E-state index in [1.807, 2.05) is 0 Å². The molecule has 27 heavy (non-hydrogen) atoms. The highest BCUT2D eigenvalue weighted by atomic mass is 19.4. The lowest BCUT2D eigenvalue weighted by Crippen LogP contribution is -2.35. The van der Waals surface area contributed by atoms with Gasteiger partial charge in [-0.25, -0.2) is 4.79 Å². The summed E-state index contributed by atoms with van der Waals surface area (Å²) >= 11 is 0. The zero-order chi connectivity index (χ0) is 20.0. The molecule has 0 aliphatic heterocycles. The molecule has 2 unspecified atom stereocenters. The van der Waals surface area contributed by atoms with Crippen LogP contribution in [0.3, 0.4) is 0 Å². The van der Waals surface area contributed by atoms with Crippen molar-refractivity contribution in [2.45, 2.75) is 37.9 Å². The van der Waals surface area contributed by atoms with Crippen LogP contribution in [0.2, 0.25) is 0 Å². The van der Waals surface area contributed by atoms with Gasteiger partial charge in [-0.15, -0.1) is 0 Å². The Hall–Kier alpha value is -2.84. The van der Waals surface area contributed by atoms with E-state index in [4.69, 9.17) is 0 Å². The van der Waals surface area contributed by atoms with E-state index in [0.717, 1.165) is 12.1 Å². The highest BCUT2D eigenvalue weighted by Crippen LogP contribution is 2.48. The van der Waals surface area contributed by atoms with Gasteiger partial charge in [-0.3, -0.25) is 9.48 Å². The normalized spacial score (nSPS) is 19.6. The zero-order valence-corrected chi connectivity index (χ0v) is 14.6. The molecule has 1 amide bonds. The molecule has 2 N–H and O–H groups in total. The van der Waals surface area contributed by atoms with E-state index in [9.17, 15) is 27.9 Å². The fraction of sp³-hybridized carbons (Fsp3) is 0.389. The van der Waals surface area contributed by atoms with Crippen LogP contribution in [0, 0.1) is 5.92 Å². The quantitative estimate of drug-likeness (QED) is 0.831. The van der Waals surface area contributed by atoms with Crippen LogP contribution >= 0.6 is 0 Å². The maximum absolute atomic E-state index is 12.6. The maximum Gasteiger partial charge on any atom is 0.416 e. The summed E-state index contributed by atoms with van der Waals surface area (Å²) in [6.07, 6.45) is -1.05. The average molecular weight is 381 g/mol. The van der Waals surface area contributed by atoms with Gasteiger partial charge >= 0.3 is 12.1 Å². The fourth-order valence-corrected chi connectivity index (χ4v) is 2.80. The molecule has 0 spiro atoms. The summed E-state index contributed by atoms with van der Waals surface area (Å²) in [4.78, 5) is 23.6. The van der Waals surface area contributed by atoms with Gasteiger partial charge in [0.15, 0.2) is 5.54 Å². The minimum Gasteiger partial charge on any atom is -0.479 e. The van der Waals surface area contributed by atoms with Gasteiger partial charge in [-0.2, -0.15) is 18.3 Å². The molecule has 2 aromatic rings. The zero-order valence-electron chi connectivity index (χ0n) is 14.6. The molecular weight excluding hydrogens is 363 g/mol. The Bertz CT molecular complexity index is 872. The van der Waals surface area contributed by atoms with Crippen molar-refractivity contribution in [3.8, 4) is 0 Å². The lowest BCUT2D eigenvalue weighted by Gasteiger charge is -2.19. The van der Waals surface area contributed by atoms with Crippen molar-refractivity contribution in [3.63, 3.8) is 0 Å².